The number of hydrogen-bond acceptors (Lipinski definition) is 4. The Morgan fingerprint density at radius 2 is 2.10 bits per heavy atom. The minimum absolute atomic E-state index is 0.138. The van der Waals surface area contributed by atoms with Gasteiger partial charge in [0.05, 0.1) is 17.2 Å². The molecule has 2 N–H and O–H groups in total. The monoisotopic (exact) mass is 338 g/mol. The summed E-state index contributed by atoms with van der Waals surface area (Å²) in [7, 11) is -2.78. The summed E-state index contributed by atoms with van der Waals surface area (Å²) in [6, 6.07) is 1.59. The van der Waals surface area contributed by atoms with Crippen LogP contribution in [0, 0.1) is 5.82 Å². The van der Waals surface area contributed by atoms with Crippen LogP contribution in [0.3, 0.4) is 0 Å². The zero-order valence-corrected chi connectivity index (χ0v) is 13.2. The molecule has 1 amide bonds. The van der Waals surface area contributed by atoms with Crippen LogP contribution < -0.4 is 5.14 Å². The average molecular weight is 339 g/mol. The van der Waals surface area contributed by atoms with E-state index in [0.717, 1.165) is 12.1 Å². The van der Waals surface area contributed by atoms with Crippen LogP contribution in [0.5, 0.6) is 0 Å². The highest BCUT2D eigenvalue weighted by Crippen LogP contribution is 2.24. The molecular weight excluding hydrogens is 323 g/mol. The lowest BCUT2D eigenvalue weighted by Crippen LogP contribution is -2.30. The van der Waals surface area contributed by atoms with Crippen LogP contribution in [-0.4, -0.2) is 46.0 Å². The topological polar surface area (TPSA) is 89.7 Å². The highest BCUT2D eigenvalue weighted by molar-refractivity contribution is 7.89. The van der Waals surface area contributed by atoms with Crippen LogP contribution in [0.2, 0.25) is 5.02 Å². The SMILES string of the molecule is CCOCCN(C)C(=O)c1cc(S(N)(=O)=O)c(F)cc1Cl. The zero-order chi connectivity index (χ0) is 16.2. The Kier molecular flexibility index (Phi) is 6.09. The molecule has 1 aromatic rings. The third kappa shape index (κ3) is 4.63. The van der Waals surface area contributed by atoms with Crippen LogP contribution in [0.15, 0.2) is 17.0 Å². The Hall–Kier alpha value is -1.22. The Bertz CT molecular complexity index is 636. The Labute approximate surface area is 127 Å². The van der Waals surface area contributed by atoms with Gasteiger partial charge in [-0.3, -0.25) is 4.79 Å². The van der Waals surface area contributed by atoms with Gasteiger partial charge in [0, 0.05) is 20.2 Å². The lowest BCUT2D eigenvalue weighted by Gasteiger charge is -2.18. The summed E-state index contributed by atoms with van der Waals surface area (Å²) in [5, 5.41) is 4.71. The molecule has 0 unspecified atom stereocenters. The van der Waals surface area contributed by atoms with Crippen molar-refractivity contribution in [2.24, 2.45) is 5.14 Å². The van der Waals surface area contributed by atoms with Crippen molar-refractivity contribution < 1.29 is 22.3 Å². The van der Waals surface area contributed by atoms with Crippen molar-refractivity contribution in [1.82, 2.24) is 4.90 Å². The summed E-state index contributed by atoms with van der Waals surface area (Å²) in [6.07, 6.45) is 0. The molecule has 0 aliphatic rings. The van der Waals surface area contributed by atoms with E-state index in [9.17, 15) is 17.6 Å². The average Bonchev–Trinajstić information content (AvgIpc) is 2.36. The number of amides is 1. The summed E-state index contributed by atoms with van der Waals surface area (Å²) in [4.78, 5) is 12.7. The number of sulfonamides is 1. The molecule has 21 heavy (non-hydrogen) atoms. The minimum Gasteiger partial charge on any atom is -0.380 e. The normalized spacial score (nSPS) is 11.5. The number of likely N-dealkylation sites (N-methyl/N-ethyl adjacent to an activating group) is 1. The van der Waals surface area contributed by atoms with Gasteiger partial charge >= 0.3 is 0 Å². The van der Waals surface area contributed by atoms with Crippen LogP contribution in [0.25, 0.3) is 0 Å². The lowest BCUT2D eigenvalue weighted by atomic mass is 10.2. The molecule has 9 heteroatoms. The number of carbonyl (C=O) groups is 1. The first-order chi connectivity index (χ1) is 9.68. The summed E-state index contributed by atoms with van der Waals surface area (Å²) in [6.45, 7) is 2.93. The zero-order valence-electron chi connectivity index (χ0n) is 11.6. The van der Waals surface area contributed by atoms with Gasteiger partial charge < -0.3 is 9.64 Å². The van der Waals surface area contributed by atoms with E-state index in [1.165, 1.54) is 11.9 Å². The van der Waals surface area contributed by atoms with E-state index in [4.69, 9.17) is 21.5 Å². The maximum atomic E-state index is 13.6. The molecule has 0 heterocycles. The van der Waals surface area contributed by atoms with Crippen LogP contribution in [-0.2, 0) is 14.8 Å². The second-order valence-electron chi connectivity index (χ2n) is 4.23. The first-order valence-corrected chi connectivity index (χ1v) is 7.96. The molecule has 118 valence electrons. The maximum absolute atomic E-state index is 13.6. The second kappa shape index (κ2) is 7.17. The van der Waals surface area contributed by atoms with E-state index in [1.807, 2.05) is 6.92 Å². The number of benzene rings is 1. The molecule has 1 rings (SSSR count). The van der Waals surface area contributed by atoms with Crippen LogP contribution in [0.4, 0.5) is 4.39 Å². The van der Waals surface area contributed by atoms with Crippen molar-refractivity contribution in [1.29, 1.82) is 0 Å². The van der Waals surface area contributed by atoms with E-state index >= 15 is 0 Å². The number of carbonyl (C=O) groups excluding carboxylic acids is 1. The minimum atomic E-state index is -4.28. The van der Waals surface area contributed by atoms with E-state index in [1.54, 1.807) is 0 Å². The smallest absolute Gasteiger partial charge is 0.255 e. The van der Waals surface area contributed by atoms with E-state index in [2.05, 4.69) is 0 Å². The molecule has 0 atom stereocenters. The van der Waals surface area contributed by atoms with E-state index in [0.29, 0.717) is 13.2 Å². The van der Waals surface area contributed by atoms with Crippen LogP contribution >= 0.6 is 11.6 Å². The summed E-state index contributed by atoms with van der Waals surface area (Å²) >= 11 is 5.80. The Morgan fingerprint density at radius 1 is 1.48 bits per heavy atom. The van der Waals surface area contributed by atoms with Crippen molar-refractivity contribution in [3.63, 3.8) is 0 Å². The third-order valence-electron chi connectivity index (χ3n) is 2.68. The molecule has 0 fully saturated rings. The predicted molar refractivity (Wildman–Crippen MR) is 76.2 cm³/mol. The largest absolute Gasteiger partial charge is 0.380 e. The summed E-state index contributed by atoms with van der Waals surface area (Å²) < 4.78 is 41.2. The second-order valence-corrected chi connectivity index (χ2v) is 6.17. The van der Waals surface area contributed by atoms with Crippen molar-refractivity contribution in [2.75, 3.05) is 26.8 Å². The molecular formula is C12H16ClFN2O4S. The van der Waals surface area contributed by atoms with E-state index < -0.39 is 26.6 Å². The van der Waals surface area contributed by atoms with Gasteiger partial charge in [0.15, 0.2) is 0 Å². The fourth-order valence-corrected chi connectivity index (χ4v) is 2.41. The fourth-order valence-electron chi connectivity index (χ4n) is 1.56. The highest BCUT2D eigenvalue weighted by atomic mass is 35.5. The van der Waals surface area contributed by atoms with Crippen molar-refractivity contribution in [3.8, 4) is 0 Å². The molecule has 0 aromatic heterocycles. The number of halogens is 2. The van der Waals surface area contributed by atoms with Crippen LogP contribution in [0.1, 0.15) is 17.3 Å². The van der Waals surface area contributed by atoms with Crippen molar-refractivity contribution >= 4 is 27.5 Å². The van der Waals surface area contributed by atoms with Gasteiger partial charge in [-0.05, 0) is 19.1 Å². The Morgan fingerprint density at radius 3 is 2.62 bits per heavy atom. The maximum Gasteiger partial charge on any atom is 0.255 e. The van der Waals surface area contributed by atoms with Gasteiger partial charge in [-0.25, -0.2) is 17.9 Å². The van der Waals surface area contributed by atoms with Gasteiger partial charge in [0.1, 0.15) is 10.7 Å². The van der Waals surface area contributed by atoms with Gasteiger partial charge in [0.25, 0.3) is 5.91 Å². The molecule has 0 aliphatic heterocycles. The lowest BCUT2D eigenvalue weighted by molar-refractivity contribution is 0.0710. The standard InChI is InChI=1S/C12H16ClFN2O4S/c1-3-20-5-4-16(2)12(17)8-6-11(21(15,18)19)10(14)7-9(8)13/h6-7H,3-5H2,1-2H3,(H2,15,18,19). The molecule has 1 aromatic carbocycles. The number of nitrogens with two attached hydrogens (primary N) is 1. The number of rotatable bonds is 6. The fraction of sp³-hybridized carbons (Fsp3) is 0.417. The third-order valence-corrected chi connectivity index (χ3v) is 3.92. The molecule has 0 aliphatic carbocycles. The number of ether oxygens (including phenoxy) is 1. The first-order valence-electron chi connectivity index (χ1n) is 6.03. The van der Waals surface area contributed by atoms with Gasteiger partial charge in [-0.2, -0.15) is 0 Å². The molecule has 0 radical (unpaired) electrons. The first kappa shape index (κ1) is 17.8. The van der Waals surface area contributed by atoms with Gasteiger partial charge in [-0.1, -0.05) is 11.6 Å². The molecule has 6 nitrogen and oxygen atoms in total. The number of primary sulfonamides is 1. The Balaban J connectivity index is 3.10. The molecule has 0 spiro atoms. The number of nitrogens with zero attached hydrogens (tertiary/aromatic N) is 1. The van der Waals surface area contributed by atoms with Gasteiger partial charge in [-0.15, -0.1) is 0 Å². The summed E-state index contributed by atoms with van der Waals surface area (Å²) in [5.74, 6) is -1.65. The quantitative estimate of drug-likeness (QED) is 0.790. The summed E-state index contributed by atoms with van der Waals surface area (Å²) in [5.41, 5.74) is -0.138. The van der Waals surface area contributed by atoms with E-state index in [-0.39, 0.29) is 17.1 Å². The van der Waals surface area contributed by atoms with Gasteiger partial charge in [0.2, 0.25) is 10.0 Å². The molecule has 0 saturated carbocycles. The highest BCUT2D eigenvalue weighted by Gasteiger charge is 2.22. The number of hydrogen-bond donors (Lipinski definition) is 1. The molecule has 0 bridgehead atoms. The van der Waals surface area contributed by atoms with Crippen molar-refractivity contribution in [2.45, 2.75) is 11.8 Å². The predicted octanol–water partition coefficient (Wildman–Crippen LogP) is 1.24. The molecule has 0 saturated heterocycles. The van der Waals surface area contributed by atoms with Crippen molar-refractivity contribution in [3.05, 3.63) is 28.5 Å².